The first-order valence-corrected chi connectivity index (χ1v) is 43.7. The fourth-order valence-corrected chi connectivity index (χ4v) is 15.4. The van der Waals surface area contributed by atoms with Gasteiger partial charge in [0.2, 0.25) is 0 Å². The standard InChI is InChI=1S/C56H88Cl2O2.C38H51Cl3O/c1-4-6-8-10-12-14-16-18-20-22-24-26-28-30-32-34-44-59-54-46-51(56(3,49-36-40-52(57)41-37-49)50-38-42-53(58)43-39-50)47-55(48-54)60-45-35-33-31-29-27-25-23-21-19-17-15-13-11-9-7-5-2;1-3-4-5-6-7-8-9-10-11-12-13-14-15-16-17-18-27-42-37-29-31(2)28-34(30-37)38(41,32-19-23-35(39)24-20-32)33-21-25-36(40)26-22-33/h36-43,46-48H,4-35,44-45H2,1-3H3;19-26,28-30H,3-18,27H2,1-2H3. The number of ether oxygens (including phenoxy) is 3. The smallest absolute Gasteiger partial charge is 0.123 e. The molecule has 0 fully saturated rings. The van der Waals surface area contributed by atoms with Gasteiger partial charge in [0.25, 0.3) is 0 Å². The van der Waals surface area contributed by atoms with Gasteiger partial charge in [0.1, 0.15) is 22.1 Å². The van der Waals surface area contributed by atoms with Crippen LogP contribution in [0, 0.1) is 6.92 Å². The molecule has 0 bridgehead atoms. The monoisotopic (exact) mass is 1490 g/mol. The lowest BCUT2D eigenvalue weighted by Crippen LogP contribution is -2.25. The maximum absolute atomic E-state index is 7.53. The van der Waals surface area contributed by atoms with Crippen LogP contribution >= 0.6 is 58.0 Å². The van der Waals surface area contributed by atoms with Crippen molar-refractivity contribution in [2.45, 2.75) is 353 Å². The Morgan fingerprint density at radius 2 is 0.441 bits per heavy atom. The molecule has 0 radical (unpaired) electrons. The van der Waals surface area contributed by atoms with Crippen molar-refractivity contribution < 1.29 is 14.2 Å². The second-order valence-corrected chi connectivity index (χ2v) is 32.3. The number of halogens is 5. The minimum Gasteiger partial charge on any atom is -0.494 e. The third-order valence-electron chi connectivity index (χ3n) is 21.0. The molecule has 3 nitrogen and oxygen atoms in total. The Kier molecular flexibility index (Phi) is 49.1. The third-order valence-corrected chi connectivity index (χ3v) is 22.7. The van der Waals surface area contributed by atoms with Crippen molar-refractivity contribution in [3.05, 3.63) is 192 Å². The Morgan fingerprint density at radius 1 is 0.235 bits per heavy atom. The van der Waals surface area contributed by atoms with Gasteiger partial charge in [-0.15, -0.1) is 11.6 Å². The Bertz CT molecular complexity index is 2830. The molecular weight excluding hydrogens is 1350 g/mol. The van der Waals surface area contributed by atoms with Gasteiger partial charge >= 0.3 is 0 Å². The van der Waals surface area contributed by atoms with Crippen molar-refractivity contribution in [3.63, 3.8) is 0 Å². The van der Waals surface area contributed by atoms with E-state index in [0.29, 0.717) is 10.0 Å². The summed E-state index contributed by atoms with van der Waals surface area (Å²) in [4.78, 5) is -0.895. The molecule has 0 aromatic heterocycles. The number of hydrogen-bond acceptors (Lipinski definition) is 3. The van der Waals surface area contributed by atoms with Gasteiger partial charge in [-0.2, -0.15) is 0 Å². The molecule has 0 spiro atoms. The van der Waals surface area contributed by atoms with E-state index in [1.54, 1.807) is 0 Å². The number of hydrogen-bond donors (Lipinski definition) is 0. The molecule has 6 aromatic carbocycles. The van der Waals surface area contributed by atoms with Crippen LogP contribution in [0.25, 0.3) is 0 Å². The predicted molar refractivity (Wildman–Crippen MR) is 450 cm³/mol. The molecule has 0 amide bonds. The zero-order chi connectivity index (χ0) is 72.8. The predicted octanol–water partition coefficient (Wildman–Crippen LogP) is 33.1. The van der Waals surface area contributed by atoms with Gasteiger partial charge in [-0.1, -0.05) is 411 Å². The zero-order valence-electron chi connectivity index (χ0n) is 64.9. The average molecular weight is 1490 g/mol. The number of benzene rings is 6. The number of aryl methyl sites for hydroxylation is 1. The Morgan fingerprint density at radius 3 is 0.686 bits per heavy atom. The first-order chi connectivity index (χ1) is 49.9. The molecule has 0 saturated heterocycles. The first-order valence-electron chi connectivity index (χ1n) is 41.8. The van der Waals surface area contributed by atoms with Crippen LogP contribution in [0.1, 0.15) is 375 Å². The van der Waals surface area contributed by atoms with Crippen LogP contribution in [0.5, 0.6) is 17.2 Å². The van der Waals surface area contributed by atoms with Crippen molar-refractivity contribution in [2.75, 3.05) is 19.8 Å². The Hall–Kier alpha value is -3.83. The topological polar surface area (TPSA) is 27.7 Å². The van der Waals surface area contributed by atoms with Crippen LogP contribution in [0.15, 0.2) is 133 Å². The summed E-state index contributed by atoms with van der Waals surface area (Å²) in [6.07, 6.45) is 65.6. The highest BCUT2D eigenvalue weighted by atomic mass is 35.5. The summed E-state index contributed by atoms with van der Waals surface area (Å²) in [5, 5.41) is 2.83. The minimum absolute atomic E-state index is 0.463. The molecule has 0 unspecified atom stereocenters. The number of unbranched alkanes of at least 4 members (excludes halogenated alkanes) is 45. The van der Waals surface area contributed by atoms with Gasteiger partial charge in [0, 0.05) is 31.6 Å². The van der Waals surface area contributed by atoms with E-state index in [0.717, 1.165) is 105 Å². The van der Waals surface area contributed by atoms with Gasteiger partial charge < -0.3 is 14.2 Å². The molecule has 6 aromatic rings. The van der Waals surface area contributed by atoms with Gasteiger partial charge in [0.05, 0.1) is 19.8 Å². The van der Waals surface area contributed by atoms with Crippen LogP contribution < -0.4 is 14.2 Å². The average Bonchev–Trinajstić information content (AvgIpc) is 0.768. The van der Waals surface area contributed by atoms with E-state index in [4.69, 9.17) is 72.2 Å². The maximum atomic E-state index is 7.53. The maximum Gasteiger partial charge on any atom is 0.123 e. The zero-order valence-corrected chi connectivity index (χ0v) is 68.7. The van der Waals surface area contributed by atoms with Gasteiger partial charge in [-0.25, -0.2) is 0 Å². The van der Waals surface area contributed by atoms with Crippen LogP contribution in [0.4, 0.5) is 0 Å². The van der Waals surface area contributed by atoms with Crippen molar-refractivity contribution in [2.24, 2.45) is 0 Å². The molecule has 8 heteroatoms. The summed E-state index contributed by atoms with van der Waals surface area (Å²) in [7, 11) is 0. The van der Waals surface area contributed by atoms with Crippen LogP contribution in [0.2, 0.25) is 20.1 Å². The van der Waals surface area contributed by atoms with E-state index < -0.39 is 10.3 Å². The lowest BCUT2D eigenvalue weighted by molar-refractivity contribution is 0.288. The SMILES string of the molecule is CCCCCCCCCCCCCCCCCCOc1cc(C)cc(C(Cl)(c2ccc(Cl)cc2)c2ccc(Cl)cc2)c1.CCCCCCCCCCCCCCCCCCOc1cc(OCCCCCCCCCCCCCCCCCC)cc(C(C)(c2ccc(Cl)cc2)c2ccc(Cl)cc2)c1. The quantitative estimate of drug-likeness (QED) is 0.0216. The first kappa shape index (κ1) is 88.8. The fourth-order valence-electron chi connectivity index (χ4n) is 14.5. The van der Waals surface area contributed by atoms with Gasteiger partial charge in [-0.3, -0.25) is 0 Å². The van der Waals surface area contributed by atoms with Crippen LogP contribution in [-0.4, -0.2) is 19.8 Å². The Balaban J connectivity index is 0.000000390. The second-order valence-electron chi connectivity index (χ2n) is 30.0. The minimum atomic E-state index is -0.895. The second kappa shape index (κ2) is 56.5. The van der Waals surface area contributed by atoms with E-state index >= 15 is 0 Å². The molecule has 0 N–H and O–H groups in total. The molecule has 102 heavy (non-hydrogen) atoms. The summed E-state index contributed by atoms with van der Waals surface area (Å²) in [6.45, 7) is 13.4. The van der Waals surface area contributed by atoms with Crippen LogP contribution in [0.3, 0.4) is 0 Å². The molecule has 568 valence electrons. The summed E-state index contributed by atoms with van der Waals surface area (Å²) >= 11 is 32.7. The molecule has 0 atom stereocenters. The number of alkyl halides is 1. The lowest BCUT2D eigenvalue weighted by atomic mass is 9.71. The van der Waals surface area contributed by atoms with Crippen LogP contribution in [-0.2, 0) is 10.3 Å². The van der Waals surface area contributed by atoms with Crippen molar-refractivity contribution in [1.29, 1.82) is 0 Å². The molecule has 0 aliphatic heterocycles. The summed E-state index contributed by atoms with van der Waals surface area (Å²) < 4.78 is 19.3. The Labute approximate surface area is 650 Å². The number of rotatable bonds is 60. The molecule has 6 rings (SSSR count). The van der Waals surface area contributed by atoms with E-state index in [2.05, 4.69) is 95.3 Å². The lowest BCUT2D eigenvalue weighted by Gasteiger charge is -2.32. The fraction of sp³-hybridized carbons (Fsp3) is 0.617. The highest BCUT2D eigenvalue weighted by Gasteiger charge is 2.36. The van der Waals surface area contributed by atoms with E-state index in [1.165, 1.54) is 289 Å². The molecule has 0 aliphatic carbocycles. The molecule has 0 saturated carbocycles. The van der Waals surface area contributed by atoms with Crippen molar-refractivity contribution in [1.82, 2.24) is 0 Å². The third kappa shape index (κ3) is 37.1. The van der Waals surface area contributed by atoms with Gasteiger partial charge in [-0.05, 0) is 145 Å². The summed E-state index contributed by atoms with van der Waals surface area (Å²) in [6, 6.07) is 44.8. The highest BCUT2D eigenvalue weighted by Crippen LogP contribution is 2.46. The van der Waals surface area contributed by atoms with Crippen molar-refractivity contribution >= 4 is 58.0 Å². The van der Waals surface area contributed by atoms with E-state index in [1.807, 2.05) is 72.8 Å². The van der Waals surface area contributed by atoms with Crippen molar-refractivity contribution in [3.8, 4) is 17.2 Å². The van der Waals surface area contributed by atoms with E-state index in [9.17, 15) is 0 Å². The normalized spacial score (nSPS) is 11.7. The van der Waals surface area contributed by atoms with E-state index in [-0.39, 0.29) is 0 Å². The largest absolute Gasteiger partial charge is 0.494 e. The molecule has 0 heterocycles. The summed E-state index contributed by atoms with van der Waals surface area (Å²) in [5.74, 6) is 2.62. The molecular formula is C94H139Cl5O3. The molecule has 0 aliphatic rings. The summed E-state index contributed by atoms with van der Waals surface area (Å²) in [5.41, 5.74) is 6.97. The van der Waals surface area contributed by atoms with Gasteiger partial charge in [0.15, 0.2) is 0 Å². The highest BCUT2D eigenvalue weighted by molar-refractivity contribution is 6.32.